The van der Waals surface area contributed by atoms with Gasteiger partial charge in [-0.3, -0.25) is 4.79 Å². The van der Waals surface area contributed by atoms with Crippen molar-refractivity contribution < 1.29 is 18.0 Å². The first-order valence-corrected chi connectivity index (χ1v) is 6.15. The van der Waals surface area contributed by atoms with Crippen molar-refractivity contribution in [2.45, 2.75) is 45.4 Å². The van der Waals surface area contributed by atoms with Crippen LogP contribution in [0, 0.1) is 17.5 Å². The molecular formula is C14H17F3O. The maximum absolute atomic E-state index is 13.2. The number of benzene rings is 1. The van der Waals surface area contributed by atoms with E-state index in [0.717, 1.165) is 18.6 Å². The maximum Gasteiger partial charge on any atom is 0.194 e. The Morgan fingerprint density at radius 1 is 1.17 bits per heavy atom. The summed E-state index contributed by atoms with van der Waals surface area (Å²) in [6.07, 6.45) is 2.08. The third kappa shape index (κ3) is 3.59. The fraction of sp³-hybridized carbons (Fsp3) is 0.500. The quantitative estimate of drug-likeness (QED) is 0.693. The zero-order valence-corrected chi connectivity index (χ0v) is 10.6. The Morgan fingerprint density at radius 3 is 2.17 bits per heavy atom. The first kappa shape index (κ1) is 14.7. The van der Waals surface area contributed by atoms with Crippen molar-refractivity contribution in [1.82, 2.24) is 0 Å². The number of halogens is 3. The largest absolute Gasteiger partial charge is 0.300 e. The van der Waals surface area contributed by atoms with E-state index < -0.39 is 17.5 Å². The van der Waals surface area contributed by atoms with Gasteiger partial charge in [0.25, 0.3) is 0 Å². The fourth-order valence-electron chi connectivity index (χ4n) is 1.97. The van der Waals surface area contributed by atoms with E-state index in [4.69, 9.17) is 0 Å². The topological polar surface area (TPSA) is 17.1 Å². The summed E-state index contributed by atoms with van der Waals surface area (Å²) in [5.74, 6) is -4.06. The molecule has 0 saturated heterocycles. The van der Waals surface area contributed by atoms with Gasteiger partial charge >= 0.3 is 0 Å². The molecule has 1 aromatic rings. The van der Waals surface area contributed by atoms with Gasteiger partial charge in [-0.25, -0.2) is 13.2 Å². The number of rotatable bonds is 6. The van der Waals surface area contributed by atoms with Crippen molar-refractivity contribution in [3.8, 4) is 0 Å². The predicted octanol–water partition coefficient (Wildman–Crippen LogP) is 4.36. The summed E-state index contributed by atoms with van der Waals surface area (Å²) in [7, 11) is 0. The Bertz CT molecular complexity index is 406. The maximum atomic E-state index is 13.2. The van der Waals surface area contributed by atoms with Crippen LogP contribution in [-0.2, 0) is 4.79 Å². The van der Waals surface area contributed by atoms with E-state index in [1.54, 1.807) is 6.92 Å². The zero-order valence-electron chi connectivity index (χ0n) is 10.6. The van der Waals surface area contributed by atoms with Crippen LogP contribution in [0.25, 0.3) is 0 Å². The molecule has 0 aromatic heterocycles. The molecule has 0 heterocycles. The van der Waals surface area contributed by atoms with Crippen LogP contribution in [0.2, 0.25) is 0 Å². The second kappa shape index (κ2) is 6.57. The van der Waals surface area contributed by atoms with Crippen LogP contribution in [0.15, 0.2) is 12.1 Å². The number of hydrogen-bond acceptors (Lipinski definition) is 1. The van der Waals surface area contributed by atoms with Gasteiger partial charge in [0.1, 0.15) is 5.78 Å². The number of Topliss-reactive ketones (excluding diaryl/α,β-unsaturated/α-hetero) is 1. The molecule has 1 unspecified atom stereocenters. The summed E-state index contributed by atoms with van der Waals surface area (Å²) in [6, 6.07) is 1.98. The zero-order chi connectivity index (χ0) is 13.7. The molecule has 4 heteroatoms. The Morgan fingerprint density at radius 2 is 1.72 bits per heavy atom. The number of hydrogen-bond donors (Lipinski definition) is 0. The van der Waals surface area contributed by atoms with Crippen LogP contribution in [-0.4, -0.2) is 5.78 Å². The van der Waals surface area contributed by atoms with Crippen molar-refractivity contribution in [3.05, 3.63) is 35.1 Å². The van der Waals surface area contributed by atoms with Gasteiger partial charge in [-0.15, -0.1) is 0 Å². The Labute approximate surface area is 105 Å². The minimum absolute atomic E-state index is 0.0404. The monoisotopic (exact) mass is 258 g/mol. The van der Waals surface area contributed by atoms with Gasteiger partial charge in [-0.2, -0.15) is 0 Å². The average molecular weight is 258 g/mol. The molecular weight excluding hydrogens is 241 g/mol. The van der Waals surface area contributed by atoms with E-state index in [0.29, 0.717) is 18.4 Å². The van der Waals surface area contributed by atoms with Crippen molar-refractivity contribution in [2.75, 3.05) is 0 Å². The Balaban J connectivity index is 3.01. The van der Waals surface area contributed by atoms with E-state index >= 15 is 0 Å². The predicted molar refractivity (Wildman–Crippen MR) is 63.9 cm³/mol. The summed E-state index contributed by atoms with van der Waals surface area (Å²) < 4.78 is 39.2. The normalized spacial score (nSPS) is 12.5. The number of carbonyl (C=O) groups is 1. The molecule has 0 N–H and O–H groups in total. The first-order chi connectivity index (χ1) is 8.49. The average Bonchev–Trinajstić information content (AvgIpc) is 2.34. The SMILES string of the molecule is CCCC(CC(=O)CC)c1cc(F)c(F)c(F)c1. The van der Waals surface area contributed by atoms with Gasteiger partial charge in [0, 0.05) is 12.8 Å². The van der Waals surface area contributed by atoms with Crippen LogP contribution < -0.4 is 0 Å². The highest BCUT2D eigenvalue weighted by molar-refractivity contribution is 5.78. The van der Waals surface area contributed by atoms with Crippen LogP contribution in [0.3, 0.4) is 0 Å². The molecule has 1 rings (SSSR count). The first-order valence-electron chi connectivity index (χ1n) is 6.15. The van der Waals surface area contributed by atoms with Gasteiger partial charge in [-0.1, -0.05) is 20.3 Å². The molecule has 0 aliphatic heterocycles. The Hall–Kier alpha value is -1.32. The molecule has 0 radical (unpaired) electrons. The highest BCUT2D eigenvalue weighted by atomic mass is 19.2. The van der Waals surface area contributed by atoms with Crippen molar-refractivity contribution in [2.24, 2.45) is 0 Å². The standard InChI is InChI=1S/C14H17F3O/c1-3-5-9(6-11(18)4-2)10-7-12(15)14(17)13(16)8-10/h7-9H,3-6H2,1-2H3. The van der Waals surface area contributed by atoms with Crippen LogP contribution in [0.4, 0.5) is 13.2 Å². The third-order valence-corrected chi connectivity index (χ3v) is 2.98. The molecule has 0 spiro atoms. The van der Waals surface area contributed by atoms with Crippen LogP contribution in [0.5, 0.6) is 0 Å². The van der Waals surface area contributed by atoms with Crippen molar-refractivity contribution in [1.29, 1.82) is 0 Å². The van der Waals surface area contributed by atoms with E-state index in [9.17, 15) is 18.0 Å². The lowest BCUT2D eigenvalue weighted by molar-refractivity contribution is -0.119. The van der Waals surface area contributed by atoms with E-state index in [1.807, 2.05) is 6.92 Å². The van der Waals surface area contributed by atoms with E-state index in [2.05, 4.69) is 0 Å². The second-order valence-electron chi connectivity index (χ2n) is 4.38. The second-order valence-corrected chi connectivity index (χ2v) is 4.38. The highest BCUT2D eigenvalue weighted by Crippen LogP contribution is 2.28. The lowest BCUT2D eigenvalue weighted by Crippen LogP contribution is -2.08. The highest BCUT2D eigenvalue weighted by Gasteiger charge is 2.19. The van der Waals surface area contributed by atoms with Gasteiger partial charge < -0.3 is 0 Å². The summed E-state index contributed by atoms with van der Waals surface area (Å²) in [5.41, 5.74) is 0.357. The smallest absolute Gasteiger partial charge is 0.194 e. The Kier molecular flexibility index (Phi) is 5.38. The lowest BCUT2D eigenvalue weighted by Gasteiger charge is -2.16. The summed E-state index contributed by atoms with van der Waals surface area (Å²) >= 11 is 0. The third-order valence-electron chi connectivity index (χ3n) is 2.98. The molecule has 0 aliphatic carbocycles. The lowest BCUT2D eigenvalue weighted by atomic mass is 9.89. The van der Waals surface area contributed by atoms with Crippen molar-refractivity contribution >= 4 is 5.78 Å². The molecule has 1 aromatic carbocycles. The molecule has 18 heavy (non-hydrogen) atoms. The summed E-state index contributed by atoms with van der Waals surface area (Å²) in [4.78, 5) is 11.4. The number of ketones is 1. The van der Waals surface area contributed by atoms with E-state index in [-0.39, 0.29) is 18.1 Å². The molecule has 100 valence electrons. The summed E-state index contributed by atoms with van der Waals surface area (Å²) in [5, 5.41) is 0. The van der Waals surface area contributed by atoms with Gasteiger partial charge in [0.05, 0.1) is 0 Å². The van der Waals surface area contributed by atoms with Crippen molar-refractivity contribution in [3.63, 3.8) is 0 Å². The summed E-state index contributed by atoms with van der Waals surface area (Å²) in [6.45, 7) is 3.68. The fourth-order valence-corrected chi connectivity index (χ4v) is 1.97. The minimum atomic E-state index is -1.46. The molecule has 0 bridgehead atoms. The van der Waals surface area contributed by atoms with Gasteiger partial charge in [-0.05, 0) is 30.0 Å². The molecule has 0 amide bonds. The van der Waals surface area contributed by atoms with Crippen LogP contribution >= 0.6 is 0 Å². The molecule has 0 saturated carbocycles. The number of carbonyl (C=O) groups excluding carboxylic acids is 1. The molecule has 0 fully saturated rings. The van der Waals surface area contributed by atoms with E-state index in [1.165, 1.54) is 0 Å². The van der Waals surface area contributed by atoms with Gasteiger partial charge in [0.15, 0.2) is 17.5 Å². The van der Waals surface area contributed by atoms with Gasteiger partial charge in [0.2, 0.25) is 0 Å². The molecule has 0 aliphatic rings. The van der Waals surface area contributed by atoms with Crippen LogP contribution in [0.1, 0.15) is 51.0 Å². The molecule has 1 atom stereocenters. The minimum Gasteiger partial charge on any atom is -0.300 e. The molecule has 1 nitrogen and oxygen atoms in total.